The van der Waals surface area contributed by atoms with Gasteiger partial charge in [-0.15, -0.1) is 0 Å². The van der Waals surface area contributed by atoms with Gasteiger partial charge in [0.05, 0.1) is 16.1 Å². The fourth-order valence-corrected chi connectivity index (χ4v) is 2.13. The maximum atomic E-state index is 11.3. The number of nitriles is 1. The average molecular weight is 327 g/mol. The number of nitrogens with two attached hydrogens (primary N) is 1. The summed E-state index contributed by atoms with van der Waals surface area (Å²) < 4.78 is 5.59. The molecule has 0 fully saturated rings. The molecule has 0 unspecified atom stereocenters. The summed E-state index contributed by atoms with van der Waals surface area (Å²) in [5, 5.41) is 20.2. The van der Waals surface area contributed by atoms with Gasteiger partial charge in [-0.1, -0.05) is 12.2 Å². The standard InChI is InChI=1S/C16H13N3O3S/c1-9-5-13(14(19(20)21)6-10(9)2)15-4-3-12(22-15)7-11(8-17)16(18)23/h3-7H,1-2H3,(H2,18,23)/b11-7-. The van der Waals surface area contributed by atoms with Gasteiger partial charge in [0.15, 0.2) is 0 Å². The monoisotopic (exact) mass is 327 g/mol. The van der Waals surface area contributed by atoms with E-state index in [4.69, 9.17) is 27.6 Å². The van der Waals surface area contributed by atoms with E-state index in [1.165, 1.54) is 12.1 Å². The van der Waals surface area contributed by atoms with Gasteiger partial charge < -0.3 is 10.2 Å². The second kappa shape index (κ2) is 6.42. The number of nitrogens with zero attached hydrogens (tertiary/aromatic N) is 2. The zero-order valence-electron chi connectivity index (χ0n) is 12.5. The second-order valence-corrected chi connectivity index (χ2v) is 5.39. The van der Waals surface area contributed by atoms with Crippen molar-refractivity contribution in [1.29, 1.82) is 5.26 Å². The van der Waals surface area contributed by atoms with Crippen molar-refractivity contribution in [3.63, 3.8) is 0 Å². The van der Waals surface area contributed by atoms with E-state index in [1.54, 1.807) is 18.2 Å². The van der Waals surface area contributed by atoms with E-state index in [-0.39, 0.29) is 16.2 Å². The van der Waals surface area contributed by atoms with Crippen molar-refractivity contribution in [2.24, 2.45) is 5.73 Å². The smallest absolute Gasteiger partial charge is 0.280 e. The molecule has 2 aromatic rings. The van der Waals surface area contributed by atoms with E-state index in [9.17, 15) is 10.1 Å². The van der Waals surface area contributed by atoms with Crippen LogP contribution >= 0.6 is 12.2 Å². The number of benzene rings is 1. The number of rotatable bonds is 4. The Morgan fingerprint density at radius 3 is 2.61 bits per heavy atom. The Kier molecular flexibility index (Phi) is 4.57. The van der Waals surface area contributed by atoms with E-state index in [0.717, 1.165) is 11.1 Å². The molecule has 0 aliphatic heterocycles. The highest BCUT2D eigenvalue weighted by Gasteiger charge is 2.19. The number of thiocarbonyl (C=S) groups is 1. The minimum absolute atomic E-state index is 0.0344. The molecule has 2 N–H and O–H groups in total. The third-order valence-corrected chi connectivity index (χ3v) is 3.59. The van der Waals surface area contributed by atoms with E-state index in [0.29, 0.717) is 17.1 Å². The Morgan fingerprint density at radius 1 is 1.39 bits per heavy atom. The Balaban J connectivity index is 2.54. The number of nitro groups is 1. The van der Waals surface area contributed by atoms with Crippen LogP contribution in [0.15, 0.2) is 34.3 Å². The summed E-state index contributed by atoms with van der Waals surface area (Å²) in [6.45, 7) is 3.68. The molecule has 7 heteroatoms. The van der Waals surface area contributed by atoms with Crippen LogP contribution in [0.3, 0.4) is 0 Å². The van der Waals surface area contributed by atoms with Crippen LogP contribution in [-0.4, -0.2) is 9.91 Å². The first-order valence-electron chi connectivity index (χ1n) is 6.61. The number of nitro benzene ring substituents is 1. The maximum Gasteiger partial charge on any atom is 0.280 e. The Labute approximate surface area is 138 Å². The summed E-state index contributed by atoms with van der Waals surface area (Å²) in [5.74, 6) is 0.683. The van der Waals surface area contributed by atoms with E-state index in [1.807, 2.05) is 19.9 Å². The number of aryl methyl sites for hydroxylation is 2. The minimum Gasteiger partial charge on any atom is -0.456 e. The highest BCUT2D eigenvalue weighted by molar-refractivity contribution is 7.80. The third kappa shape index (κ3) is 3.44. The van der Waals surface area contributed by atoms with Gasteiger partial charge in [-0.25, -0.2) is 0 Å². The highest BCUT2D eigenvalue weighted by atomic mass is 32.1. The van der Waals surface area contributed by atoms with Crippen molar-refractivity contribution in [1.82, 2.24) is 0 Å². The van der Waals surface area contributed by atoms with Crippen LogP contribution in [0.4, 0.5) is 5.69 Å². The summed E-state index contributed by atoms with van der Waals surface area (Å²) in [6.07, 6.45) is 1.40. The molecule has 0 aliphatic rings. The summed E-state index contributed by atoms with van der Waals surface area (Å²) in [5.41, 5.74) is 7.62. The summed E-state index contributed by atoms with van der Waals surface area (Å²) in [6, 6.07) is 8.30. The van der Waals surface area contributed by atoms with Crippen molar-refractivity contribution in [3.05, 3.63) is 56.8 Å². The number of hydrogen-bond acceptors (Lipinski definition) is 5. The number of hydrogen-bond donors (Lipinski definition) is 1. The molecule has 0 saturated heterocycles. The fraction of sp³-hybridized carbons (Fsp3) is 0.125. The van der Waals surface area contributed by atoms with Crippen LogP contribution in [0.2, 0.25) is 0 Å². The molecule has 0 radical (unpaired) electrons. The van der Waals surface area contributed by atoms with Gasteiger partial charge >= 0.3 is 0 Å². The number of furan rings is 1. The van der Waals surface area contributed by atoms with Crippen LogP contribution in [0, 0.1) is 35.3 Å². The lowest BCUT2D eigenvalue weighted by molar-refractivity contribution is -0.384. The fourth-order valence-electron chi connectivity index (χ4n) is 2.03. The molecule has 2 rings (SSSR count). The lowest BCUT2D eigenvalue weighted by Crippen LogP contribution is -2.09. The molecule has 116 valence electrons. The molecule has 0 atom stereocenters. The zero-order valence-corrected chi connectivity index (χ0v) is 13.3. The van der Waals surface area contributed by atoms with Crippen molar-refractivity contribution in [3.8, 4) is 17.4 Å². The second-order valence-electron chi connectivity index (χ2n) is 4.95. The SMILES string of the molecule is Cc1cc(-c2ccc(/C=C(/C#N)C(N)=S)o2)c([N+](=O)[O-])cc1C. The quantitative estimate of drug-likeness (QED) is 0.302. The van der Waals surface area contributed by atoms with Crippen LogP contribution in [0.25, 0.3) is 17.4 Å². The largest absolute Gasteiger partial charge is 0.456 e. The van der Waals surface area contributed by atoms with Crippen molar-refractivity contribution in [2.45, 2.75) is 13.8 Å². The molecule has 6 nitrogen and oxygen atoms in total. The molecule has 0 saturated carbocycles. The Bertz CT molecular complexity index is 875. The van der Waals surface area contributed by atoms with E-state index in [2.05, 4.69) is 0 Å². The molecule has 23 heavy (non-hydrogen) atoms. The van der Waals surface area contributed by atoms with Crippen molar-refractivity contribution in [2.75, 3.05) is 0 Å². The van der Waals surface area contributed by atoms with Gasteiger partial charge in [0.1, 0.15) is 22.6 Å². The summed E-state index contributed by atoms with van der Waals surface area (Å²) in [7, 11) is 0. The molecular formula is C16H13N3O3S. The molecular weight excluding hydrogens is 314 g/mol. The summed E-state index contributed by atoms with van der Waals surface area (Å²) >= 11 is 4.76. The van der Waals surface area contributed by atoms with Gasteiger partial charge in [0.2, 0.25) is 0 Å². The van der Waals surface area contributed by atoms with Crippen molar-refractivity contribution >= 4 is 29.0 Å². The van der Waals surface area contributed by atoms with Crippen molar-refractivity contribution < 1.29 is 9.34 Å². The van der Waals surface area contributed by atoms with Gasteiger partial charge in [0.25, 0.3) is 5.69 Å². The Hall–Kier alpha value is -2.98. The first kappa shape index (κ1) is 16.4. The average Bonchev–Trinajstić information content (AvgIpc) is 2.95. The van der Waals surface area contributed by atoms with Gasteiger partial charge in [-0.3, -0.25) is 10.1 Å². The Morgan fingerprint density at radius 2 is 2.04 bits per heavy atom. The van der Waals surface area contributed by atoms with Crippen LogP contribution in [-0.2, 0) is 0 Å². The predicted molar refractivity (Wildman–Crippen MR) is 90.6 cm³/mol. The van der Waals surface area contributed by atoms with Crippen LogP contribution < -0.4 is 5.73 Å². The molecule has 0 aliphatic carbocycles. The maximum absolute atomic E-state index is 11.3. The van der Waals surface area contributed by atoms with Gasteiger partial charge in [0, 0.05) is 12.1 Å². The molecule has 0 spiro atoms. The lowest BCUT2D eigenvalue weighted by Gasteiger charge is -2.04. The molecule has 0 bridgehead atoms. The van der Waals surface area contributed by atoms with Gasteiger partial charge in [-0.05, 0) is 43.2 Å². The van der Waals surface area contributed by atoms with Gasteiger partial charge in [-0.2, -0.15) is 5.26 Å². The zero-order chi connectivity index (χ0) is 17.1. The van der Waals surface area contributed by atoms with Crippen LogP contribution in [0.5, 0.6) is 0 Å². The third-order valence-electron chi connectivity index (χ3n) is 3.37. The highest BCUT2D eigenvalue weighted by Crippen LogP contribution is 2.34. The molecule has 0 amide bonds. The molecule has 1 aromatic carbocycles. The van der Waals surface area contributed by atoms with Crippen LogP contribution in [0.1, 0.15) is 16.9 Å². The predicted octanol–water partition coefficient (Wildman–Crippen LogP) is 3.66. The molecule has 1 aromatic heterocycles. The molecule has 1 heterocycles. The van der Waals surface area contributed by atoms with E-state index >= 15 is 0 Å². The normalized spacial score (nSPS) is 11.1. The summed E-state index contributed by atoms with van der Waals surface area (Å²) in [4.78, 5) is 10.8. The topological polar surface area (TPSA) is 106 Å². The lowest BCUT2D eigenvalue weighted by atomic mass is 10.0. The van der Waals surface area contributed by atoms with E-state index < -0.39 is 4.92 Å². The first-order chi connectivity index (χ1) is 10.8. The first-order valence-corrected chi connectivity index (χ1v) is 7.01. The minimum atomic E-state index is -0.449.